The van der Waals surface area contributed by atoms with Crippen LogP contribution in [0.3, 0.4) is 0 Å². The summed E-state index contributed by atoms with van der Waals surface area (Å²) in [6.07, 6.45) is 2.56. The molecule has 1 aliphatic heterocycles. The fourth-order valence-electron chi connectivity index (χ4n) is 2.46. The summed E-state index contributed by atoms with van der Waals surface area (Å²) < 4.78 is 28.7. The van der Waals surface area contributed by atoms with Gasteiger partial charge in [-0.2, -0.15) is 17.4 Å². The van der Waals surface area contributed by atoms with Gasteiger partial charge in [-0.1, -0.05) is 6.42 Å². The van der Waals surface area contributed by atoms with Crippen LogP contribution in [0.15, 0.2) is 6.07 Å². The van der Waals surface area contributed by atoms with Crippen LogP contribution in [0.1, 0.15) is 34.6 Å². The van der Waals surface area contributed by atoms with Crippen LogP contribution >= 0.6 is 11.3 Å². The SMILES string of the molecule is Cc1cc(CNS(=O)(=O)N2CCCCC2CO)sc1C. The molecule has 1 aromatic heterocycles. The molecule has 0 aliphatic carbocycles. The Morgan fingerprint density at radius 3 is 2.80 bits per heavy atom. The number of piperidine rings is 1. The highest BCUT2D eigenvalue weighted by Crippen LogP contribution is 2.22. The fraction of sp³-hybridized carbons (Fsp3) is 0.692. The lowest BCUT2D eigenvalue weighted by molar-refractivity contribution is 0.154. The van der Waals surface area contributed by atoms with Crippen molar-refractivity contribution in [3.63, 3.8) is 0 Å². The number of hydrogen-bond acceptors (Lipinski definition) is 4. The average Bonchev–Trinajstić information content (AvgIpc) is 2.76. The molecule has 1 aliphatic rings. The first-order valence-corrected chi connectivity index (χ1v) is 9.13. The van der Waals surface area contributed by atoms with Crippen LogP contribution in [0, 0.1) is 13.8 Å². The van der Waals surface area contributed by atoms with Gasteiger partial charge in [0.25, 0.3) is 10.2 Å². The van der Waals surface area contributed by atoms with E-state index in [1.165, 1.54) is 14.7 Å². The van der Waals surface area contributed by atoms with Crippen LogP contribution < -0.4 is 4.72 Å². The highest BCUT2D eigenvalue weighted by Gasteiger charge is 2.31. The molecular weight excluding hydrogens is 296 g/mol. The van der Waals surface area contributed by atoms with E-state index in [1.807, 2.05) is 19.9 Å². The zero-order valence-electron chi connectivity index (χ0n) is 11.9. The van der Waals surface area contributed by atoms with Gasteiger partial charge in [0, 0.05) is 28.9 Å². The summed E-state index contributed by atoms with van der Waals surface area (Å²) in [4.78, 5) is 2.23. The number of aliphatic hydroxyl groups is 1. The van der Waals surface area contributed by atoms with Crippen LogP contribution in [-0.2, 0) is 16.8 Å². The smallest absolute Gasteiger partial charge is 0.280 e. The van der Waals surface area contributed by atoms with E-state index in [2.05, 4.69) is 4.72 Å². The van der Waals surface area contributed by atoms with Crippen LogP contribution in [0.25, 0.3) is 0 Å². The van der Waals surface area contributed by atoms with E-state index >= 15 is 0 Å². The second-order valence-corrected chi connectivity index (χ2v) is 8.27. The molecule has 20 heavy (non-hydrogen) atoms. The molecule has 2 N–H and O–H groups in total. The second kappa shape index (κ2) is 6.53. The van der Waals surface area contributed by atoms with Gasteiger partial charge in [0.15, 0.2) is 0 Å². The van der Waals surface area contributed by atoms with E-state index in [4.69, 9.17) is 0 Å². The summed E-state index contributed by atoms with van der Waals surface area (Å²) in [6.45, 7) is 4.75. The lowest BCUT2D eigenvalue weighted by Crippen LogP contribution is -2.50. The van der Waals surface area contributed by atoms with E-state index in [1.54, 1.807) is 11.3 Å². The van der Waals surface area contributed by atoms with Gasteiger partial charge in [0.2, 0.25) is 0 Å². The summed E-state index contributed by atoms with van der Waals surface area (Å²) in [5.74, 6) is 0. The van der Waals surface area contributed by atoms with Gasteiger partial charge < -0.3 is 5.11 Å². The standard InChI is InChI=1S/C13H22N2O3S2/c1-10-7-13(19-11(10)2)8-14-20(17,18)15-6-4-3-5-12(15)9-16/h7,12,14,16H,3-6,8-9H2,1-2H3. The first kappa shape index (κ1) is 15.9. The summed E-state index contributed by atoms with van der Waals surface area (Å²) in [5.41, 5.74) is 1.19. The Morgan fingerprint density at radius 1 is 1.45 bits per heavy atom. The molecule has 7 heteroatoms. The number of nitrogens with zero attached hydrogens (tertiary/aromatic N) is 1. The first-order valence-electron chi connectivity index (χ1n) is 6.87. The Morgan fingerprint density at radius 2 is 2.20 bits per heavy atom. The zero-order chi connectivity index (χ0) is 14.8. The monoisotopic (exact) mass is 318 g/mol. The maximum absolute atomic E-state index is 12.3. The maximum atomic E-state index is 12.3. The largest absolute Gasteiger partial charge is 0.395 e. The van der Waals surface area contributed by atoms with Crippen molar-refractivity contribution >= 4 is 21.5 Å². The van der Waals surface area contributed by atoms with Crippen molar-refractivity contribution in [3.8, 4) is 0 Å². The van der Waals surface area contributed by atoms with Crippen molar-refractivity contribution in [2.24, 2.45) is 0 Å². The Labute approximate surface area is 124 Å². The van der Waals surface area contributed by atoms with Crippen molar-refractivity contribution in [3.05, 3.63) is 21.4 Å². The van der Waals surface area contributed by atoms with Crippen LogP contribution in [-0.4, -0.2) is 37.0 Å². The minimum Gasteiger partial charge on any atom is -0.395 e. The molecule has 0 aromatic carbocycles. The first-order chi connectivity index (χ1) is 9.44. The fourth-order valence-corrected chi connectivity index (χ4v) is 4.98. The van der Waals surface area contributed by atoms with Gasteiger partial charge in [-0.15, -0.1) is 11.3 Å². The zero-order valence-corrected chi connectivity index (χ0v) is 13.6. The molecule has 1 saturated heterocycles. The highest BCUT2D eigenvalue weighted by atomic mass is 32.2. The van der Waals surface area contributed by atoms with Gasteiger partial charge in [-0.3, -0.25) is 0 Å². The van der Waals surface area contributed by atoms with Crippen molar-refractivity contribution in [1.29, 1.82) is 0 Å². The summed E-state index contributed by atoms with van der Waals surface area (Å²) in [7, 11) is -3.52. The van der Waals surface area contributed by atoms with Crippen LogP contribution in [0.4, 0.5) is 0 Å². The Bertz CT molecular complexity index is 534. The highest BCUT2D eigenvalue weighted by molar-refractivity contribution is 7.87. The molecule has 114 valence electrons. The van der Waals surface area contributed by atoms with Crippen molar-refractivity contribution in [1.82, 2.24) is 9.03 Å². The number of thiophene rings is 1. The van der Waals surface area contributed by atoms with Crippen molar-refractivity contribution in [2.75, 3.05) is 13.2 Å². The van der Waals surface area contributed by atoms with E-state index in [9.17, 15) is 13.5 Å². The third-order valence-electron chi connectivity index (χ3n) is 3.74. The van der Waals surface area contributed by atoms with Crippen molar-refractivity contribution < 1.29 is 13.5 Å². The maximum Gasteiger partial charge on any atom is 0.280 e. The third kappa shape index (κ3) is 3.59. The quantitative estimate of drug-likeness (QED) is 0.865. The van der Waals surface area contributed by atoms with Gasteiger partial charge in [-0.05, 0) is 38.3 Å². The van der Waals surface area contributed by atoms with E-state index in [0.717, 1.165) is 24.1 Å². The van der Waals surface area contributed by atoms with Gasteiger partial charge in [0.1, 0.15) is 0 Å². The molecule has 0 radical (unpaired) electrons. The molecule has 1 unspecified atom stereocenters. The lowest BCUT2D eigenvalue weighted by Gasteiger charge is -2.33. The molecule has 0 amide bonds. The molecule has 2 heterocycles. The normalized spacial score (nSPS) is 21.2. The Hall–Kier alpha value is -0.470. The van der Waals surface area contributed by atoms with E-state index in [0.29, 0.717) is 13.1 Å². The predicted molar refractivity (Wildman–Crippen MR) is 81.0 cm³/mol. The summed E-state index contributed by atoms with van der Waals surface area (Å²) in [6, 6.07) is 1.73. The van der Waals surface area contributed by atoms with Crippen LogP contribution in [0.5, 0.6) is 0 Å². The molecule has 0 saturated carbocycles. The Kier molecular flexibility index (Phi) is 5.19. The number of aryl methyl sites for hydroxylation is 2. The third-order valence-corrected chi connectivity index (χ3v) is 6.50. The number of hydrogen-bond donors (Lipinski definition) is 2. The van der Waals surface area contributed by atoms with Crippen LogP contribution in [0.2, 0.25) is 0 Å². The molecule has 2 rings (SSSR count). The van der Waals surface area contributed by atoms with Gasteiger partial charge in [0.05, 0.1) is 6.61 Å². The second-order valence-electron chi connectivity index (χ2n) is 5.22. The molecule has 0 spiro atoms. The molecular formula is C13H22N2O3S2. The Balaban J connectivity index is 2.02. The number of nitrogens with one attached hydrogen (secondary N) is 1. The molecule has 1 fully saturated rings. The summed E-state index contributed by atoms with van der Waals surface area (Å²) in [5, 5.41) is 9.32. The topological polar surface area (TPSA) is 69.6 Å². The molecule has 1 atom stereocenters. The summed E-state index contributed by atoms with van der Waals surface area (Å²) >= 11 is 1.61. The minimum atomic E-state index is -3.52. The van der Waals surface area contributed by atoms with E-state index < -0.39 is 10.2 Å². The van der Waals surface area contributed by atoms with Gasteiger partial charge in [-0.25, -0.2) is 0 Å². The number of rotatable bonds is 5. The number of aliphatic hydroxyl groups excluding tert-OH is 1. The lowest BCUT2D eigenvalue weighted by atomic mass is 10.1. The molecule has 1 aromatic rings. The minimum absolute atomic E-state index is 0.113. The van der Waals surface area contributed by atoms with Gasteiger partial charge >= 0.3 is 0 Å². The van der Waals surface area contributed by atoms with E-state index in [-0.39, 0.29) is 12.6 Å². The molecule has 0 bridgehead atoms. The molecule has 5 nitrogen and oxygen atoms in total. The predicted octanol–water partition coefficient (Wildman–Crippen LogP) is 1.55. The van der Waals surface area contributed by atoms with Crippen molar-refractivity contribution in [2.45, 2.75) is 45.7 Å². The average molecular weight is 318 g/mol.